The molecule has 2 aliphatic rings. The van der Waals surface area contributed by atoms with E-state index in [4.69, 9.17) is 4.74 Å². The largest absolute Gasteiger partial charge is 0.379 e. The molecule has 0 spiro atoms. The van der Waals surface area contributed by atoms with E-state index in [1.165, 1.54) is 32.4 Å². The first-order chi connectivity index (χ1) is 8.61. The van der Waals surface area contributed by atoms with Crippen molar-refractivity contribution in [1.29, 1.82) is 0 Å². The minimum absolute atomic E-state index is 0.689. The van der Waals surface area contributed by atoms with Crippen molar-refractivity contribution in [3.8, 4) is 0 Å². The Bertz CT molecular complexity index is 173. The van der Waals surface area contributed by atoms with Crippen LogP contribution in [0.5, 0.6) is 0 Å². The molecule has 0 aromatic carbocycles. The summed E-state index contributed by atoms with van der Waals surface area (Å²) in [4.78, 5) is 4.99. The van der Waals surface area contributed by atoms with Crippen LogP contribution in [0.2, 0.25) is 0 Å². The Kier molecular flexibility index (Phi) is 7.87. The van der Waals surface area contributed by atoms with E-state index in [1.54, 1.807) is 0 Å². The molecule has 0 bridgehead atoms. The number of likely N-dealkylation sites (tertiary alicyclic amines) is 1. The monoisotopic (exact) mass is 256 g/mol. The van der Waals surface area contributed by atoms with Crippen LogP contribution < -0.4 is 0 Å². The standard InChI is InChI=1S/C8H17N.C7H15NO/c1-8(2)9-6-4-3-5-7-9;1-7(2)8-3-5-9-6-4-8/h8H,3-7H2,1-2H3;7H,3-6H2,1-2H3. The molecule has 0 aromatic heterocycles. The number of piperidine rings is 1. The molecule has 3 heteroatoms. The van der Waals surface area contributed by atoms with Crippen LogP contribution in [0.15, 0.2) is 0 Å². The lowest BCUT2D eigenvalue weighted by Gasteiger charge is -2.29. The van der Waals surface area contributed by atoms with Gasteiger partial charge in [-0.15, -0.1) is 0 Å². The Morgan fingerprint density at radius 3 is 1.44 bits per heavy atom. The van der Waals surface area contributed by atoms with Crippen LogP contribution in [0.1, 0.15) is 47.0 Å². The first kappa shape index (κ1) is 15.9. The van der Waals surface area contributed by atoms with Crippen LogP contribution in [-0.4, -0.2) is 61.3 Å². The Morgan fingerprint density at radius 1 is 0.667 bits per heavy atom. The first-order valence-electron chi connectivity index (χ1n) is 7.67. The predicted molar refractivity (Wildman–Crippen MR) is 78.1 cm³/mol. The molecule has 3 nitrogen and oxygen atoms in total. The molecule has 0 N–H and O–H groups in total. The van der Waals surface area contributed by atoms with Gasteiger partial charge in [0, 0.05) is 25.2 Å². The van der Waals surface area contributed by atoms with Gasteiger partial charge < -0.3 is 9.64 Å². The average molecular weight is 256 g/mol. The summed E-state index contributed by atoms with van der Waals surface area (Å²) < 4.78 is 5.21. The van der Waals surface area contributed by atoms with Gasteiger partial charge in [0.1, 0.15) is 0 Å². The summed E-state index contributed by atoms with van der Waals surface area (Å²) in [5.41, 5.74) is 0. The second-order valence-electron chi connectivity index (χ2n) is 5.93. The number of morpholine rings is 1. The first-order valence-corrected chi connectivity index (χ1v) is 7.67. The van der Waals surface area contributed by atoms with E-state index in [1.807, 2.05) is 0 Å². The summed E-state index contributed by atoms with van der Waals surface area (Å²) in [5.74, 6) is 0. The maximum absolute atomic E-state index is 5.21. The smallest absolute Gasteiger partial charge is 0.0594 e. The zero-order chi connectivity index (χ0) is 13.4. The highest BCUT2D eigenvalue weighted by Gasteiger charge is 2.12. The van der Waals surface area contributed by atoms with Crippen LogP contribution in [-0.2, 0) is 4.74 Å². The third-order valence-electron chi connectivity index (χ3n) is 3.90. The van der Waals surface area contributed by atoms with Crippen molar-refractivity contribution < 1.29 is 4.74 Å². The molecule has 2 rings (SSSR count). The normalized spacial score (nSPS) is 23.0. The molecule has 0 saturated carbocycles. The molecule has 2 fully saturated rings. The molecule has 2 heterocycles. The lowest BCUT2D eigenvalue weighted by molar-refractivity contribution is 0.0238. The highest BCUT2D eigenvalue weighted by atomic mass is 16.5. The van der Waals surface area contributed by atoms with Gasteiger partial charge in [0.25, 0.3) is 0 Å². The molecule has 0 atom stereocenters. The third kappa shape index (κ3) is 6.17. The van der Waals surface area contributed by atoms with E-state index in [-0.39, 0.29) is 0 Å². The summed E-state index contributed by atoms with van der Waals surface area (Å²) in [6.07, 6.45) is 4.28. The molecule has 0 aromatic rings. The van der Waals surface area contributed by atoms with Crippen LogP contribution in [0.25, 0.3) is 0 Å². The van der Waals surface area contributed by atoms with Gasteiger partial charge in [-0.05, 0) is 53.6 Å². The Labute approximate surface area is 113 Å². The van der Waals surface area contributed by atoms with E-state index in [2.05, 4.69) is 37.5 Å². The summed E-state index contributed by atoms with van der Waals surface area (Å²) in [5, 5.41) is 0. The molecule has 2 saturated heterocycles. The van der Waals surface area contributed by atoms with Crippen LogP contribution in [0, 0.1) is 0 Å². The number of hydrogen-bond acceptors (Lipinski definition) is 3. The molecule has 18 heavy (non-hydrogen) atoms. The Hall–Kier alpha value is -0.120. The van der Waals surface area contributed by atoms with E-state index in [0.29, 0.717) is 6.04 Å². The maximum atomic E-state index is 5.21. The van der Waals surface area contributed by atoms with Crippen LogP contribution in [0.3, 0.4) is 0 Å². The molecular formula is C15H32N2O. The molecule has 0 aliphatic carbocycles. The van der Waals surface area contributed by atoms with Gasteiger partial charge in [-0.25, -0.2) is 0 Å². The van der Waals surface area contributed by atoms with Crippen molar-refractivity contribution in [2.45, 2.75) is 59.0 Å². The molecular weight excluding hydrogens is 224 g/mol. The predicted octanol–water partition coefficient (Wildman–Crippen LogP) is 2.61. The number of nitrogens with zero attached hydrogens (tertiary/aromatic N) is 2. The van der Waals surface area contributed by atoms with Gasteiger partial charge in [-0.3, -0.25) is 4.90 Å². The zero-order valence-corrected chi connectivity index (χ0v) is 12.8. The number of hydrogen-bond donors (Lipinski definition) is 0. The molecule has 2 aliphatic heterocycles. The van der Waals surface area contributed by atoms with Crippen molar-refractivity contribution in [3.63, 3.8) is 0 Å². The van der Waals surface area contributed by atoms with E-state index < -0.39 is 0 Å². The average Bonchev–Trinajstić information content (AvgIpc) is 2.41. The maximum Gasteiger partial charge on any atom is 0.0594 e. The molecule has 108 valence electrons. The number of ether oxygens (including phenoxy) is 1. The summed E-state index contributed by atoms with van der Waals surface area (Å²) in [7, 11) is 0. The van der Waals surface area contributed by atoms with Gasteiger partial charge >= 0.3 is 0 Å². The van der Waals surface area contributed by atoms with Gasteiger partial charge in [-0.2, -0.15) is 0 Å². The lowest BCUT2D eigenvalue weighted by Crippen LogP contribution is -2.40. The van der Waals surface area contributed by atoms with E-state index in [0.717, 1.165) is 32.3 Å². The lowest BCUT2D eigenvalue weighted by atomic mass is 10.1. The quantitative estimate of drug-likeness (QED) is 0.755. The minimum Gasteiger partial charge on any atom is -0.379 e. The second-order valence-corrected chi connectivity index (χ2v) is 5.93. The van der Waals surface area contributed by atoms with Gasteiger partial charge in [0.15, 0.2) is 0 Å². The van der Waals surface area contributed by atoms with Gasteiger partial charge in [0.05, 0.1) is 13.2 Å². The van der Waals surface area contributed by atoms with E-state index in [9.17, 15) is 0 Å². The Morgan fingerprint density at radius 2 is 1.11 bits per heavy atom. The van der Waals surface area contributed by atoms with Gasteiger partial charge in [0.2, 0.25) is 0 Å². The van der Waals surface area contributed by atoms with Crippen molar-refractivity contribution in [3.05, 3.63) is 0 Å². The summed E-state index contributed by atoms with van der Waals surface area (Å²) in [6, 6.07) is 1.46. The topological polar surface area (TPSA) is 15.7 Å². The molecule has 0 unspecified atom stereocenters. The second kappa shape index (κ2) is 8.89. The fraction of sp³-hybridized carbons (Fsp3) is 1.00. The molecule has 0 amide bonds. The third-order valence-corrected chi connectivity index (χ3v) is 3.90. The van der Waals surface area contributed by atoms with Crippen LogP contribution >= 0.6 is 0 Å². The highest BCUT2D eigenvalue weighted by Crippen LogP contribution is 2.10. The highest BCUT2D eigenvalue weighted by molar-refractivity contribution is 4.67. The zero-order valence-electron chi connectivity index (χ0n) is 12.8. The number of rotatable bonds is 2. The fourth-order valence-corrected chi connectivity index (χ4v) is 2.53. The summed E-state index contributed by atoms with van der Waals surface area (Å²) in [6.45, 7) is 15.7. The van der Waals surface area contributed by atoms with Crippen molar-refractivity contribution in [1.82, 2.24) is 9.80 Å². The Balaban J connectivity index is 0.000000180. The van der Waals surface area contributed by atoms with Crippen molar-refractivity contribution in [2.24, 2.45) is 0 Å². The fourth-order valence-electron chi connectivity index (χ4n) is 2.53. The van der Waals surface area contributed by atoms with Gasteiger partial charge in [-0.1, -0.05) is 6.42 Å². The van der Waals surface area contributed by atoms with Crippen molar-refractivity contribution in [2.75, 3.05) is 39.4 Å². The van der Waals surface area contributed by atoms with E-state index >= 15 is 0 Å². The molecule has 0 radical (unpaired) electrons. The van der Waals surface area contributed by atoms with Crippen molar-refractivity contribution >= 4 is 0 Å². The SMILES string of the molecule is CC(C)N1CCCCC1.CC(C)N1CCOCC1. The minimum atomic E-state index is 0.689. The van der Waals surface area contributed by atoms with Crippen LogP contribution in [0.4, 0.5) is 0 Å². The summed E-state index contributed by atoms with van der Waals surface area (Å²) >= 11 is 0.